The number of aliphatic hydroxyl groups excluding tert-OH is 1. The van der Waals surface area contributed by atoms with Crippen LogP contribution in [0.2, 0.25) is 0 Å². The van der Waals surface area contributed by atoms with E-state index >= 15 is 0 Å². The number of rotatable bonds is 3. The van der Waals surface area contributed by atoms with Gasteiger partial charge in [0.25, 0.3) is 5.91 Å². The van der Waals surface area contributed by atoms with Crippen molar-refractivity contribution in [2.24, 2.45) is 7.05 Å². The molecule has 0 atom stereocenters. The largest absolute Gasteiger partial charge is 0.393 e. The number of nitrogens with zero attached hydrogens (tertiary/aromatic N) is 4. The van der Waals surface area contributed by atoms with Gasteiger partial charge in [0.1, 0.15) is 0 Å². The van der Waals surface area contributed by atoms with Gasteiger partial charge in [-0.2, -0.15) is 0 Å². The van der Waals surface area contributed by atoms with Crippen LogP contribution in [0.4, 0.5) is 0 Å². The predicted molar refractivity (Wildman–Crippen MR) is 93.1 cm³/mol. The number of hydrogen-bond acceptors (Lipinski definition) is 4. The number of hydrogen-bond donors (Lipinski definition) is 2. The van der Waals surface area contributed by atoms with Gasteiger partial charge in [-0.05, 0) is 49.9 Å². The number of aromatic nitrogens is 4. The molecule has 3 aromatic heterocycles. The second kappa shape index (κ2) is 6.33. The maximum absolute atomic E-state index is 12.6. The van der Waals surface area contributed by atoms with Gasteiger partial charge in [-0.15, -0.1) is 10.2 Å². The number of nitrogens with one attached hydrogen (secondary N) is 1. The van der Waals surface area contributed by atoms with Crippen LogP contribution in [-0.2, 0) is 7.05 Å². The lowest BCUT2D eigenvalue weighted by Gasteiger charge is -2.26. The summed E-state index contributed by atoms with van der Waals surface area (Å²) in [7, 11) is 1.95. The highest BCUT2D eigenvalue weighted by Crippen LogP contribution is 2.20. The van der Waals surface area contributed by atoms with Gasteiger partial charge in [-0.3, -0.25) is 9.20 Å². The van der Waals surface area contributed by atoms with Crippen molar-refractivity contribution in [3.63, 3.8) is 0 Å². The summed E-state index contributed by atoms with van der Waals surface area (Å²) >= 11 is 0. The topological polar surface area (TPSA) is 84.5 Å². The second-order valence-corrected chi connectivity index (χ2v) is 6.65. The zero-order chi connectivity index (χ0) is 17.4. The van der Waals surface area contributed by atoms with Crippen LogP contribution in [0.1, 0.15) is 36.0 Å². The normalized spacial score (nSPS) is 20.7. The number of amides is 1. The molecule has 4 rings (SSSR count). The molecule has 7 heteroatoms. The third-order valence-corrected chi connectivity index (χ3v) is 4.87. The molecule has 0 saturated heterocycles. The van der Waals surface area contributed by atoms with Crippen LogP contribution in [0.5, 0.6) is 0 Å². The molecule has 3 heterocycles. The molecule has 0 spiro atoms. The van der Waals surface area contributed by atoms with Gasteiger partial charge in [0.15, 0.2) is 11.5 Å². The molecule has 0 unspecified atom stereocenters. The molecule has 1 aliphatic carbocycles. The average Bonchev–Trinajstić information content (AvgIpc) is 3.22. The van der Waals surface area contributed by atoms with E-state index in [2.05, 4.69) is 15.5 Å². The maximum atomic E-state index is 12.6. The molecule has 0 bridgehead atoms. The van der Waals surface area contributed by atoms with Crippen LogP contribution < -0.4 is 5.32 Å². The number of aliphatic hydroxyl groups is 1. The molecule has 3 aromatic rings. The quantitative estimate of drug-likeness (QED) is 0.762. The van der Waals surface area contributed by atoms with Crippen LogP contribution in [0.3, 0.4) is 0 Å². The third-order valence-electron chi connectivity index (χ3n) is 4.87. The molecule has 130 valence electrons. The Labute approximate surface area is 145 Å². The highest BCUT2D eigenvalue weighted by Gasteiger charge is 2.21. The lowest BCUT2D eigenvalue weighted by atomic mass is 9.93. The van der Waals surface area contributed by atoms with Crippen LogP contribution >= 0.6 is 0 Å². The highest BCUT2D eigenvalue weighted by molar-refractivity contribution is 5.94. The van der Waals surface area contributed by atoms with E-state index in [4.69, 9.17) is 0 Å². The van der Waals surface area contributed by atoms with Gasteiger partial charge in [-0.1, -0.05) is 0 Å². The number of aryl methyl sites for hydroxylation is 1. The van der Waals surface area contributed by atoms with E-state index < -0.39 is 0 Å². The van der Waals surface area contributed by atoms with Crippen molar-refractivity contribution in [2.75, 3.05) is 0 Å². The van der Waals surface area contributed by atoms with E-state index in [9.17, 15) is 9.90 Å². The Balaban J connectivity index is 1.60. The molecule has 7 nitrogen and oxygen atoms in total. The van der Waals surface area contributed by atoms with Gasteiger partial charge in [0, 0.05) is 25.5 Å². The Bertz CT molecular complexity index is 905. The Morgan fingerprint density at radius 3 is 2.72 bits per heavy atom. The Kier molecular flexibility index (Phi) is 4.01. The molecular formula is C18H21N5O2. The van der Waals surface area contributed by atoms with Crippen LogP contribution in [0.15, 0.2) is 36.7 Å². The minimum absolute atomic E-state index is 0.102. The highest BCUT2D eigenvalue weighted by atomic mass is 16.3. The van der Waals surface area contributed by atoms with Crippen LogP contribution in [-0.4, -0.2) is 42.3 Å². The fourth-order valence-corrected chi connectivity index (χ4v) is 3.38. The summed E-state index contributed by atoms with van der Waals surface area (Å²) in [5.74, 6) is 0.604. The fourth-order valence-electron chi connectivity index (χ4n) is 3.38. The maximum Gasteiger partial charge on any atom is 0.252 e. The summed E-state index contributed by atoms with van der Waals surface area (Å²) in [5, 5.41) is 21.1. The summed E-state index contributed by atoms with van der Waals surface area (Å²) in [4.78, 5) is 12.6. The predicted octanol–water partition coefficient (Wildman–Crippen LogP) is 1.77. The third kappa shape index (κ3) is 3.02. The van der Waals surface area contributed by atoms with Crippen molar-refractivity contribution >= 4 is 11.6 Å². The monoisotopic (exact) mass is 339 g/mol. The van der Waals surface area contributed by atoms with Gasteiger partial charge < -0.3 is 15.0 Å². The van der Waals surface area contributed by atoms with Gasteiger partial charge in [0.2, 0.25) is 0 Å². The van der Waals surface area contributed by atoms with E-state index in [0.717, 1.165) is 31.4 Å². The van der Waals surface area contributed by atoms with Gasteiger partial charge >= 0.3 is 0 Å². The summed E-state index contributed by atoms with van der Waals surface area (Å²) < 4.78 is 3.81. The Morgan fingerprint density at radius 2 is 2.00 bits per heavy atom. The molecular weight excluding hydrogens is 318 g/mol. The van der Waals surface area contributed by atoms with Crippen molar-refractivity contribution in [1.82, 2.24) is 24.5 Å². The average molecular weight is 339 g/mol. The number of carbonyl (C=O) groups is 1. The van der Waals surface area contributed by atoms with Crippen molar-refractivity contribution in [3.05, 3.63) is 42.2 Å². The second-order valence-electron chi connectivity index (χ2n) is 6.65. The van der Waals surface area contributed by atoms with Gasteiger partial charge in [-0.25, -0.2) is 0 Å². The first-order valence-corrected chi connectivity index (χ1v) is 8.57. The minimum atomic E-state index is -0.227. The van der Waals surface area contributed by atoms with Crippen molar-refractivity contribution in [3.8, 4) is 11.5 Å². The van der Waals surface area contributed by atoms with E-state index in [1.54, 1.807) is 18.3 Å². The molecule has 2 N–H and O–H groups in total. The first kappa shape index (κ1) is 15.8. The zero-order valence-electron chi connectivity index (χ0n) is 14.1. The summed E-state index contributed by atoms with van der Waals surface area (Å²) in [5.41, 5.74) is 2.22. The minimum Gasteiger partial charge on any atom is -0.393 e. The molecule has 25 heavy (non-hydrogen) atoms. The van der Waals surface area contributed by atoms with E-state index in [-0.39, 0.29) is 18.1 Å². The first-order valence-electron chi connectivity index (χ1n) is 8.57. The van der Waals surface area contributed by atoms with E-state index in [1.807, 2.05) is 34.3 Å². The van der Waals surface area contributed by atoms with E-state index in [1.165, 1.54) is 0 Å². The van der Waals surface area contributed by atoms with Crippen LogP contribution in [0, 0.1) is 0 Å². The van der Waals surface area contributed by atoms with Crippen molar-refractivity contribution in [2.45, 2.75) is 37.8 Å². The number of fused-ring (bicyclic) bond motifs is 1. The first-order chi connectivity index (χ1) is 12.1. The molecule has 1 fully saturated rings. The molecule has 1 aliphatic rings. The number of pyridine rings is 1. The molecule has 1 amide bonds. The fraction of sp³-hybridized carbons (Fsp3) is 0.389. The standard InChI is InChI=1S/C18H21N5O2/c1-22-10-2-3-15(22)17-21-20-16-9-4-12(11-23(16)17)18(25)19-13-5-7-14(24)8-6-13/h2-4,9-11,13-14,24H,5-8H2,1H3,(H,19,25). The SMILES string of the molecule is Cn1cccc1-c1nnc2ccc(C(=O)NC3CCC(O)CC3)cn12. The Hall–Kier alpha value is -2.67. The Morgan fingerprint density at radius 1 is 1.20 bits per heavy atom. The summed E-state index contributed by atoms with van der Waals surface area (Å²) in [6, 6.07) is 7.62. The summed E-state index contributed by atoms with van der Waals surface area (Å²) in [6.45, 7) is 0. The number of carbonyl (C=O) groups excluding carboxylic acids is 1. The van der Waals surface area contributed by atoms with Crippen molar-refractivity contribution in [1.29, 1.82) is 0 Å². The van der Waals surface area contributed by atoms with Crippen molar-refractivity contribution < 1.29 is 9.90 Å². The smallest absolute Gasteiger partial charge is 0.252 e. The molecule has 1 saturated carbocycles. The van der Waals surface area contributed by atoms with Gasteiger partial charge in [0.05, 0.1) is 17.4 Å². The molecule has 0 aromatic carbocycles. The van der Waals surface area contributed by atoms with Crippen LogP contribution in [0.25, 0.3) is 17.2 Å². The lowest BCUT2D eigenvalue weighted by Crippen LogP contribution is -2.38. The zero-order valence-corrected chi connectivity index (χ0v) is 14.1. The summed E-state index contributed by atoms with van der Waals surface area (Å²) in [6.07, 6.45) is 6.62. The van der Waals surface area contributed by atoms with E-state index in [0.29, 0.717) is 17.0 Å². The lowest BCUT2D eigenvalue weighted by molar-refractivity contribution is 0.0867. The molecule has 0 radical (unpaired) electrons. The molecule has 0 aliphatic heterocycles.